The lowest BCUT2D eigenvalue weighted by Gasteiger charge is -2.15. The van der Waals surface area contributed by atoms with E-state index in [9.17, 15) is 0 Å². The van der Waals surface area contributed by atoms with E-state index in [-0.39, 0.29) is 0 Å². The zero-order chi connectivity index (χ0) is 24.5. The summed E-state index contributed by atoms with van der Waals surface area (Å²) in [5.41, 5.74) is 12.1. The van der Waals surface area contributed by atoms with Crippen molar-refractivity contribution in [1.82, 2.24) is 0 Å². The third-order valence-corrected chi connectivity index (χ3v) is 7.16. The van der Waals surface area contributed by atoms with Crippen LogP contribution in [0.2, 0.25) is 0 Å². The van der Waals surface area contributed by atoms with Gasteiger partial charge in [0, 0.05) is 0 Å². The Morgan fingerprint density at radius 3 is 1.83 bits per heavy atom. The first-order chi connectivity index (χ1) is 17.2. The summed E-state index contributed by atoms with van der Waals surface area (Å²) < 4.78 is 0. The number of hydrogen-bond acceptors (Lipinski definition) is 0. The normalized spacial score (nSPS) is 11.1. The highest BCUT2D eigenvalue weighted by molar-refractivity contribution is 5.87. The molecular formula is C35H40. The smallest absolute Gasteiger partial charge is 0.00992 e. The lowest BCUT2D eigenvalue weighted by Crippen LogP contribution is -1.93. The van der Waals surface area contributed by atoms with Gasteiger partial charge in [0.25, 0.3) is 0 Å². The fourth-order valence-corrected chi connectivity index (χ4v) is 4.98. The Kier molecular flexibility index (Phi) is 8.96. The van der Waals surface area contributed by atoms with Gasteiger partial charge in [-0.1, -0.05) is 124 Å². The molecule has 0 nitrogen and oxygen atoms in total. The van der Waals surface area contributed by atoms with Crippen molar-refractivity contribution in [3.63, 3.8) is 0 Å². The first kappa shape index (κ1) is 25.0. The van der Waals surface area contributed by atoms with Crippen LogP contribution < -0.4 is 0 Å². The summed E-state index contributed by atoms with van der Waals surface area (Å²) in [7, 11) is 0. The summed E-state index contributed by atoms with van der Waals surface area (Å²) in [6.45, 7) is 6.80. The summed E-state index contributed by atoms with van der Waals surface area (Å²) in [6, 6.07) is 34.1. The van der Waals surface area contributed by atoms with E-state index < -0.39 is 0 Å². The average molecular weight is 461 g/mol. The van der Waals surface area contributed by atoms with Crippen molar-refractivity contribution in [2.45, 2.75) is 72.1 Å². The number of aryl methyl sites for hydroxylation is 3. The number of hydrogen-bond donors (Lipinski definition) is 0. The highest BCUT2D eigenvalue weighted by Gasteiger charge is 2.11. The van der Waals surface area contributed by atoms with Gasteiger partial charge in [-0.05, 0) is 88.7 Å². The molecule has 0 fully saturated rings. The number of rotatable bonds is 11. The molecule has 0 aliphatic rings. The van der Waals surface area contributed by atoms with Crippen LogP contribution in [-0.4, -0.2) is 0 Å². The van der Waals surface area contributed by atoms with Crippen LogP contribution in [0, 0.1) is 6.92 Å². The van der Waals surface area contributed by atoms with Gasteiger partial charge in [-0.3, -0.25) is 0 Å². The Morgan fingerprint density at radius 2 is 1.14 bits per heavy atom. The Labute approximate surface area is 213 Å². The van der Waals surface area contributed by atoms with Crippen molar-refractivity contribution >= 4 is 0 Å². The SMILES string of the molecule is CCCCCc1ccc(-c2ccc(-c3ccc(CCCCC)c(C)c3)c(-c3ccccc3)c2)cc1. The summed E-state index contributed by atoms with van der Waals surface area (Å²) in [5, 5.41) is 0. The molecule has 0 saturated heterocycles. The van der Waals surface area contributed by atoms with Crippen LogP contribution in [0.5, 0.6) is 0 Å². The summed E-state index contributed by atoms with van der Waals surface area (Å²) in [6.07, 6.45) is 10.1. The molecule has 0 spiro atoms. The second-order valence-electron chi connectivity index (χ2n) is 9.88. The minimum atomic E-state index is 1.18. The predicted octanol–water partition coefficient (Wildman–Crippen LogP) is 10.5. The Hall–Kier alpha value is -3.12. The quantitative estimate of drug-likeness (QED) is 0.195. The molecule has 0 atom stereocenters. The molecule has 0 aliphatic carbocycles. The van der Waals surface area contributed by atoms with E-state index in [1.165, 1.54) is 101 Å². The lowest BCUT2D eigenvalue weighted by atomic mass is 9.89. The van der Waals surface area contributed by atoms with Crippen molar-refractivity contribution < 1.29 is 0 Å². The summed E-state index contributed by atoms with van der Waals surface area (Å²) >= 11 is 0. The summed E-state index contributed by atoms with van der Waals surface area (Å²) in [5.74, 6) is 0. The van der Waals surface area contributed by atoms with Crippen LogP contribution in [0.1, 0.15) is 69.1 Å². The maximum Gasteiger partial charge on any atom is -0.00992 e. The van der Waals surface area contributed by atoms with Crippen molar-refractivity contribution in [3.8, 4) is 33.4 Å². The maximum atomic E-state index is 2.38. The van der Waals surface area contributed by atoms with E-state index in [0.717, 1.165) is 0 Å². The molecule has 0 heteroatoms. The van der Waals surface area contributed by atoms with Crippen molar-refractivity contribution in [3.05, 3.63) is 108 Å². The Morgan fingerprint density at radius 1 is 0.486 bits per heavy atom. The second-order valence-corrected chi connectivity index (χ2v) is 9.88. The van der Waals surface area contributed by atoms with Crippen molar-refractivity contribution in [2.75, 3.05) is 0 Å². The topological polar surface area (TPSA) is 0 Å². The van der Waals surface area contributed by atoms with Gasteiger partial charge in [-0.25, -0.2) is 0 Å². The van der Waals surface area contributed by atoms with Crippen LogP contribution in [0.15, 0.2) is 91.0 Å². The minimum Gasteiger partial charge on any atom is -0.0654 e. The monoisotopic (exact) mass is 460 g/mol. The molecule has 4 aromatic carbocycles. The molecule has 0 bridgehead atoms. The van der Waals surface area contributed by atoms with E-state index in [0.29, 0.717) is 0 Å². The van der Waals surface area contributed by atoms with Crippen LogP contribution in [0.25, 0.3) is 33.4 Å². The van der Waals surface area contributed by atoms with Gasteiger partial charge in [0.05, 0.1) is 0 Å². The average Bonchev–Trinajstić information content (AvgIpc) is 2.90. The fraction of sp³-hybridized carbons (Fsp3) is 0.314. The number of unbranched alkanes of at least 4 members (excludes halogenated alkanes) is 4. The van der Waals surface area contributed by atoms with Gasteiger partial charge >= 0.3 is 0 Å². The third kappa shape index (κ3) is 6.51. The molecule has 0 amide bonds. The Balaban J connectivity index is 1.67. The zero-order valence-corrected chi connectivity index (χ0v) is 21.8. The molecule has 0 saturated carbocycles. The van der Waals surface area contributed by atoms with Crippen LogP contribution in [0.4, 0.5) is 0 Å². The molecule has 0 N–H and O–H groups in total. The standard InChI is InChI=1S/C35H40/c1-4-6-9-13-28-17-19-30(20-18-28)32-23-24-34(35(26-32)31-15-11-8-12-16-31)33-22-21-29(27(3)25-33)14-10-7-5-2/h8,11-12,15-26H,4-7,9-10,13-14H2,1-3H3. The van der Waals surface area contributed by atoms with Gasteiger partial charge in [0.15, 0.2) is 0 Å². The number of benzene rings is 4. The van der Waals surface area contributed by atoms with Gasteiger partial charge in [-0.2, -0.15) is 0 Å². The molecule has 4 rings (SSSR count). The van der Waals surface area contributed by atoms with E-state index in [2.05, 4.69) is 112 Å². The van der Waals surface area contributed by atoms with Gasteiger partial charge < -0.3 is 0 Å². The van der Waals surface area contributed by atoms with Crippen molar-refractivity contribution in [1.29, 1.82) is 0 Å². The molecule has 0 heterocycles. The molecule has 4 aromatic rings. The van der Waals surface area contributed by atoms with Crippen LogP contribution >= 0.6 is 0 Å². The molecule has 0 aliphatic heterocycles. The highest BCUT2D eigenvalue weighted by atomic mass is 14.2. The zero-order valence-electron chi connectivity index (χ0n) is 21.8. The van der Waals surface area contributed by atoms with E-state index in [1.807, 2.05) is 0 Å². The molecule has 0 aromatic heterocycles. The van der Waals surface area contributed by atoms with E-state index in [1.54, 1.807) is 0 Å². The molecular weight excluding hydrogens is 420 g/mol. The van der Waals surface area contributed by atoms with Gasteiger partial charge in [-0.15, -0.1) is 0 Å². The third-order valence-electron chi connectivity index (χ3n) is 7.16. The lowest BCUT2D eigenvalue weighted by molar-refractivity contribution is 0.715. The summed E-state index contributed by atoms with van der Waals surface area (Å²) in [4.78, 5) is 0. The predicted molar refractivity (Wildman–Crippen MR) is 154 cm³/mol. The maximum absolute atomic E-state index is 2.38. The fourth-order valence-electron chi connectivity index (χ4n) is 4.98. The molecule has 180 valence electrons. The van der Waals surface area contributed by atoms with Gasteiger partial charge in [0.1, 0.15) is 0 Å². The van der Waals surface area contributed by atoms with Crippen molar-refractivity contribution in [2.24, 2.45) is 0 Å². The molecule has 35 heavy (non-hydrogen) atoms. The molecule has 0 unspecified atom stereocenters. The highest BCUT2D eigenvalue weighted by Crippen LogP contribution is 2.36. The van der Waals surface area contributed by atoms with Crippen LogP contribution in [0.3, 0.4) is 0 Å². The van der Waals surface area contributed by atoms with Crippen LogP contribution in [-0.2, 0) is 12.8 Å². The largest absolute Gasteiger partial charge is 0.0654 e. The first-order valence-electron chi connectivity index (χ1n) is 13.6. The Bertz CT molecular complexity index is 1200. The van der Waals surface area contributed by atoms with E-state index >= 15 is 0 Å². The minimum absolute atomic E-state index is 1.18. The van der Waals surface area contributed by atoms with E-state index in [4.69, 9.17) is 0 Å². The molecule has 0 radical (unpaired) electrons. The first-order valence-corrected chi connectivity index (χ1v) is 13.6. The van der Waals surface area contributed by atoms with Gasteiger partial charge in [0.2, 0.25) is 0 Å². The second kappa shape index (κ2) is 12.5.